The Balaban J connectivity index is 1.92. The number of aromatic hydroxyl groups is 2. The SMILES string of the molecule is CNC(=O)C(CN(C)C)N1C[C@H](C(=O)c2cccc(O)c2)C(c2cccc(F)c2C)[C@@H](C(=O)c2cccc(O)c2)C1. The average molecular weight is 562 g/mol. The summed E-state index contributed by atoms with van der Waals surface area (Å²) in [5.74, 6) is -3.97. The highest BCUT2D eigenvalue weighted by Crippen LogP contribution is 2.43. The number of likely N-dealkylation sites (N-methyl/N-ethyl adjacent to an activating group) is 2. The molecule has 216 valence electrons. The van der Waals surface area contributed by atoms with Crippen LogP contribution in [-0.4, -0.2) is 84.3 Å². The number of phenols is 2. The fraction of sp³-hybridized carbons (Fsp3) is 0.344. The third kappa shape index (κ3) is 6.47. The molecular formula is C32H36FN3O5. The highest BCUT2D eigenvalue weighted by molar-refractivity contribution is 6.02. The second-order valence-corrected chi connectivity index (χ2v) is 10.9. The van der Waals surface area contributed by atoms with Crippen molar-refractivity contribution in [1.82, 2.24) is 15.1 Å². The first-order chi connectivity index (χ1) is 19.5. The molecule has 1 aliphatic rings. The topological polar surface area (TPSA) is 110 Å². The van der Waals surface area contributed by atoms with Gasteiger partial charge in [-0.2, -0.15) is 0 Å². The molecule has 0 spiro atoms. The number of Topliss-reactive ketones (excluding diaryl/α,β-unsaturated/α-hetero) is 2. The number of carbonyl (C=O) groups is 3. The zero-order chi connectivity index (χ0) is 29.8. The summed E-state index contributed by atoms with van der Waals surface area (Å²) >= 11 is 0. The molecule has 3 N–H and O–H groups in total. The molecule has 1 saturated heterocycles. The number of piperidine rings is 1. The molecule has 41 heavy (non-hydrogen) atoms. The number of amides is 1. The number of hydrogen-bond acceptors (Lipinski definition) is 7. The number of rotatable bonds is 9. The van der Waals surface area contributed by atoms with Gasteiger partial charge in [-0.15, -0.1) is 0 Å². The van der Waals surface area contributed by atoms with Crippen LogP contribution in [0.4, 0.5) is 4.39 Å². The van der Waals surface area contributed by atoms with E-state index in [0.717, 1.165) is 0 Å². The third-order valence-corrected chi connectivity index (χ3v) is 7.86. The van der Waals surface area contributed by atoms with Gasteiger partial charge in [-0.3, -0.25) is 19.3 Å². The van der Waals surface area contributed by atoms with Crippen LogP contribution in [0.1, 0.15) is 37.8 Å². The minimum atomic E-state index is -0.855. The summed E-state index contributed by atoms with van der Waals surface area (Å²) in [7, 11) is 5.21. The summed E-state index contributed by atoms with van der Waals surface area (Å²) in [6, 6.07) is 16.0. The summed E-state index contributed by atoms with van der Waals surface area (Å²) in [4.78, 5) is 45.3. The van der Waals surface area contributed by atoms with Crippen molar-refractivity contribution in [2.75, 3.05) is 40.8 Å². The Kier molecular flexibility index (Phi) is 9.20. The maximum Gasteiger partial charge on any atom is 0.238 e. The largest absolute Gasteiger partial charge is 0.508 e. The number of carbonyl (C=O) groups excluding carboxylic acids is 3. The van der Waals surface area contributed by atoms with Gasteiger partial charge in [0.05, 0.1) is 0 Å². The molecule has 4 rings (SSSR count). The molecule has 8 nitrogen and oxygen atoms in total. The predicted octanol–water partition coefficient (Wildman–Crippen LogP) is 3.62. The zero-order valence-electron chi connectivity index (χ0n) is 23.7. The van der Waals surface area contributed by atoms with E-state index in [0.29, 0.717) is 17.7 Å². The van der Waals surface area contributed by atoms with Gasteiger partial charge >= 0.3 is 0 Å². The summed E-state index contributed by atoms with van der Waals surface area (Å²) in [5.41, 5.74) is 1.38. The highest BCUT2D eigenvalue weighted by atomic mass is 19.1. The number of nitrogens with one attached hydrogen (secondary N) is 1. The van der Waals surface area contributed by atoms with Crippen molar-refractivity contribution < 1.29 is 29.0 Å². The van der Waals surface area contributed by atoms with Crippen LogP contribution >= 0.6 is 0 Å². The fourth-order valence-electron chi connectivity index (χ4n) is 5.88. The van der Waals surface area contributed by atoms with E-state index in [1.165, 1.54) is 30.3 Å². The van der Waals surface area contributed by atoms with Gasteiger partial charge in [0.2, 0.25) is 5.91 Å². The van der Waals surface area contributed by atoms with E-state index in [1.807, 2.05) is 23.9 Å². The Bertz CT molecular complexity index is 1370. The van der Waals surface area contributed by atoms with E-state index in [2.05, 4.69) is 5.32 Å². The predicted molar refractivity (Wildman–Crippen MR) is 154 cm³/mol. The highest BCUT2D eigenvalue weighted by Gasteiger charge is 2.47. The molecule has 0 aliphatic carbocycles. The van der Waals surface area contributed by atoms with Crippen LogP contribution in [0.15, 0.2) is 66.7 Å². The van der Waals surface area contributed by atoms with Gasteiger partial charge in [0.1, 0.15) is 23.4 Å². The van der Waals surface area contributed by atoms with Crippen molar-refractivity contribution in [1.29, 1.82) is 0 Å². The molecule has 1 heterocycles. The lowest BCUT2D eigenvalue weighted by Gasteiger charge is -2.46. The molecule has 3 aromatic rings. The van der Waals surface area contributed by atoms with Crippen molar-refractivity contribution in [2.45, 2.75) is 18.9 Å². The van der Waals surface area contributed by atoms with Gasteiger partial charge in [0.25, 0.3) is 0 Å². The first kappa shape index (κ1) is 29.9. The van der Waals surface area contributed by atoms with Crippen LogP contribution in [0.25, 0.3) is 0 Å². The van der Waals surface area contributed by atoms with Crippen molar-refractivity contribution in [3.8, 4) is 11.5 Å². The lowest BCUT2D eigenvalue weighted by atomic mass is 9.67. The van der Waals surface area contributed by atoms with Gasteiger partial charge in [0.15, 0.2) is 11.6 Å². The molecule has 3 atom stereocenters. The number of hydrogen-bond donors (Lipinski definition) is 3. The minimum absolute atomic E-state index is 0.0785. The van der Waals surface area contributed by atoms with Crippen LogP contribution in [-0.2, 0) is 4.79 Å². The lowest BCUT2D eigenvalue weighted by molar-refractivity contribution is -0.127. The van der Waals surface area contributed by atoms with Crippen molar-refractivity contribution in [3.63, 3.8) is 0 Å². The number of halogens is 1. The summed E-state index contributed by atoms with van der Waals surface area (Å²) in [6.45, 7) is 2.22. The summed E-state index contributed by atoms with van der Waals surface area (Å²) in [6.07, 6.45) is 0. The number of ketones is 2. The van der Waals surface area contributed by atoms with Gasteiger partial charge in [0, 0.05) is 55.6 Å². The number of phenolic OH excluding ortho intramolecular Hbond substituents is 2. The molecule has 1 amide bonds. The molecule has 1 aliphatic heterocycles. The Labute approximate surface area is 239 Å². The molecule has 9 heteroatoms. The van der Waals surface area contributed by atoms with Crippen molar-refractivity contribution in [3.05, 3.63) is 94.8 Å². The van der Waals surface area contributed by atoms with Gasteiger partial charge in [-0.1, -0.05) is 36.4 Å². The monoisotopic (exact) mass is 561 g/mol. The minimum Gasteiger partial charge on any atom is -0.508 e. The lowest BCUT2D eigenvalue weighted by Crippen LogP contribution is -2.59. The van der Waals surface area contributed by atoms with E-state index >= 15 is 0 Å². The molecule has 0 bridgehead atoms. The third-order valence-electron chi connectivity index (χ3n) is 7.86. The second kappa shape index (κ2) is 12.6. The smallest absolute Gasteiger partial charge is 0.238 e. The fourth-order valence-corrected chi connectivity index (χ4v) is 5.88. The molecular weight excluding hydrogens is 525 g/mol. The number of benzene rings is 3. The molecule has 0 saturated carbocycles. The Hall–Kier alpha value is -4.08. The first-order valence-electron chi connectivity index (χ1n) is 13.5. The van der Waals surface area contributed by atoms with E-state index in [1.54, 1.807) is 50.4 Å². The van der Waals surface area contributed by atoms with Gasteiger partial charge in [-0.05, 0) is 62.5 Å². The Morgan fingerprint density at radius 2 is 1.44 bits per heavy atom. The summed E-state index contributed by atoms with van der Waals surface area (Å²) < 4.78 is 14.9. The van der Waals surface area contributed by atoms with E-state index in [4.69, 9.17) is 0 Å². The van der Waals surface area contributed by atoms with Crippen molar-refractivity contribution in [2.24, 2.45) is 11.8 Å². The van der Waals surface area contributed by atoms with Crippen LogP contribution in [0.3, 0.4) is 0 Å². The van der Waals surface area contributed by atoms with E-state index < -0.39 is 29.6 Å². The van der Waals surface area contributed by atoms with Crippen molar-refractivity contribution >= 4 is 17.5 Å². The number of likely N-dealkylation sites (tertiary alicyclic amines) is 1. The molecule has 3 aromatic carbocycles. The van der Waals surface area contributed by atoms with E-state index in [-0.39, 0.29) is 53.2 Å². The summed E-state index contributed by atoms with van der Waals surface area (Å²) in [5, 5.41) is 23.0. The maximum absolute atomic E-state index is 14.9. The van der Waals surface area contributed by atoms with Gasteiger partial charge in [-0.25, -0.2) is 4.39 Å². The quantitative estimate of drug-likeness (QED) is 0.343. The molecule has 0 aromatic heterocycles. The molecule has 1 fully saturated rings. The van der Waals surface area contributed by atoms with Crippen LogP contribution in [0, 0.1) is 24.6 Å². The molecule has 0 radical (unpaired) electrons. The Morgan fingerprint density at radius 1 is 0.927 bits per heavy atom. The van der Waals surface area contributed by atoms with Crippen LogP contribution in [0.2, 0.25) is 0 Å². The Morgan fingerprint density at radius 3 is 1.90 bits per heavy atom. The van der Waals surface area contributed by atoms with Gasteiger partial charge < -0.3 is 20.4 Å². The maximum atomic E-state index is 14.9. The van der Waals surface area contributed by atoms with E-state index in [9.17, 15) is 29.0 Å². The van der Waals surface area contributed by atoms with Crippen LogP contribution in [0.5, 0.6) is 11.5 Å². The molecule has 1 unspecified atom stereocenters. The second-order valence-electron chi connectivity index (χ2n) is 10.9. The van der Waals surface area contributed by atoms with Crippen LogP contribution < -0.4 is 5.32 Å². The number of nitrogens with zero attached hydrogens (tertiary/aromatic N) is 2. The standard InChI is InChI=1S/C32H36FN3O5/c1-19-24(12-7-13-27(19)33)29-25(30(39)20-8-5-10-22(37)14-20)16-36(28(18-35(3)4)32(41)34-2)17-26(29)31(40)21-9-6-11-23(38)15-21/h5-15,25-26,28-29,37-38H,16-18H2,1-4H3,(H,34,41)/t25-,26-,28?/m0/s1. The average Bonchev–Trinajstić information content (AvgIpc) is 2.95. The normalized spacial score (nSPS) is 18.7. The first-order valence-corrected chi connectivity index (χ1v) is 13.5. The zero-order valence-corrected chi connectivity index (χ0v) is 23.7.